The maximum absolute atomic E-state index is 5.65. The van der Waals surface area contributed by atoms with E-state index in [9.17, 15) is 0 Å². The van der Waals surface area contributed by atoms with Gasteiger partial charge in [0.1, 0.15) is 5.60 Å². The Labute approximate surface area is 120 Å². The van der Waals surface area contributed by atoms with Crippen molar-refractivity contribution in [3.05, 3.63) is 11.7 Å². The molecule has 0 aromatic carbocycles. The average molecular weight is 282 g/mol. The van der Waals surface area contributed by atoms with Gasteiger partial charge in [-0.05, 0) is 19.8 Å². The van der Waals surface area contributed by atoms with Crippen molar-refractivity contribution in [2.75, 3.05) is 33.3 Å². The van der Waals surface area contributed by atoms with Crippen LogP contribution in [0.1, 0.15) is 51.4 Å². The second-order valence-corrected chi connectivity index (χ2v) is 5.32. The number of hydrogen-bond acceptors (Lipinski definition) is 6. The minimum atomic E-state index is -0.426. The lowest BCUT2D eigenvalue weighted by Gasteiger charge is -2.30. The van der Waals surface area contributed by atoms with E-state index in [0.29, 0.717) is 11.7 Å². The maximum atomic E-state index is 5.65. The van der Waals surface area contributed by atoms with Gasteiger partial charge < -0.3 is 14.6 Å². The highest BCUT2D eigenvalue weighted by molar-refractivity contribution is 5.03. The smallest absolute Gasteiger partial charge is 0.243 e. The number of nitrogens with zero attached hydrogens (tertiary/aromatic N) is 3. The van der Waals surface area contributed by atoms with Crippen LogP contribution in [0.2, 0.25) is 0 Å². The number of ether oxygens (including phenoxy) is 1. The highest BCUT2D eigenvalue weighted by atomic mass is 16.5. The average Bonchev–Trinajstić information content (AvgIpc) is 3.00. The highest BCUT2D eigenvalue weighted by Crippen LogP contribution is 2.31. The molecule has 6 nitrogen and oxygen atoms in total. The summed E-state index contributed by atoms with van der Waals surface area (Å²) in [5.41, 5.74) is -0.426. The number of methoxy groups -OCH3 is 1. The van der Waals surface area contributed by atoms with Crippen LogP contribution in [0.3, 0.4) is 0 Å². The fourth-order valence-corrected chi connectivity index (χ4v) is 2.76. The molecule has 1 N–H and O–H groups in total. The number of aromatic nitrogens is 2. The van der Waals surface area contributed by atoms with Gasteiger partial charge in [-0.3, -0.25) is 4.90 Å². The normalized spacial score (nSPS) is 19.2. The third-order valence-corrected chi connectivity index (χ3v) is 4.44. The third kappa shape index (κ3) is 2.87. The number of hydrogen-bond donors (Lipinski definition) is 1. The molecule has 0 bridgehead atoms. The van der Waals surface area contributed by atoms with Gasteiger partial charge in [0, 0.05) is 33.3 Å². The van der Waals surface area contributed by atoms with E-state index in [0.717, 1.165) is 39.0 Å². The largest absolute Gasteiger partial charge is 0.370 e. The zero-order chi connectivity index (χ0) is 14.6. The Balaban J connectivity index is 2.15. The van der Waals surface area contributed by atoms with Gasteiger partial charge >= 0.3 is 0 Å². The molecule has 0 aliphatic carbocycles. The molecule has 1 aromatic rings. The summed E-state index contributed by atoms with van der Waals surface area (Å²) in [5.74, 6) is 1.35. The van der Waals surface area contributed by atoms with Gasteiger partial charge in [0.25, 0.3) is 0 Å². The number of piperazine rings is 1. The molecule has 0 amide bonds. The second kappa shape index (κ2) is 6.65. The summed E-state index contributed by atoms with van der Waals surface area (Å²) in [6.07, 6.45) is 1.67. The van der Waals surface area contributed by atoms with Gasteiger partial charge in [-0.15, -0.1) is 0 Å². The summed E-state index contributed by atoms with van der Waals surface area (Å²) < 4.78 is 11.1. The van der Waals surface area contributed by atoms with Gasteiger partial charge in [0.2, 0.25) is 11.7 Å². The van der Waals surface area contributed by atoms with Crippen molar-refractivity contribution in [1.29, 1.82) is 0 Å². The predicted molar refractivity (Wildman–Crippen MR) is 76.4 cm³/mol. The van der Waals surface area contributed by atoms with Crippen molar-refractivity contribution in [1.82, 2.24) is 20.4 Å². The first-order chi connectivity index (χ1) is 9.66. The SMILES string of the molecule is CCC(CC)(OC)c1noc(C(C)N2CCNCC2)n1. The molecule has 20 heavy (non-hydrogen) atoms. The van der Waals surface area contributed by atoms with Crippen molar-refractivity contribution < 1.29 is 9.26 Å². The van der Waals surface area contributed by atoms with Gasteiger partial charge in [0.05, 0.1) is 6.04 Å². The molecule has 0 spiro atoms. The van der Waals surface area contributed by atoms with E-state index in [4.69, 9.17) is 9.26 Å². The molecule has 1 saturated heterocycles. The predicted octanol–water partition coefficient (Wildman–Crippen LogP) is 1.70. The summed E-state index contributed by atoms with van der Waals surface area (Å²) in [6.45, 7) is 10.3. The van der Waals surface area contributed by atoms with Crippen molar-refractivity contribution in [2.45, 2.75) is 45.3 Å². The maximum Gasteiger partial charge on any atom is 0.243 e. The topological polar surface area (TPSA) is 63.4 Å². The van der Waals surface area contributed by atoms with Crippen LogP contribution < -0.4 is 5.32 Å². The molecule has 1 fully saturated rings. The molecular formula is C14H26N4O2. The van der Waals surface area contributed by atoms with Crippen molar-refractivity contribution >= 4 is 0 Å². The Morgan fingerprint density at radius 3 is 2.55 bits per heavy atom. The summed E-state index contributed by atoms with van der Waals surface area (Å²) >= 11 is 0. The summed E-state index contributed by atoms with van der Waals surface area (Å²) in [6, 6.07) is 0.154. The van der Waals surface area contributed by atoms with E-state index in [1.165, 1.54) is 0 Å². The molecule has 1 aliphatic heterocycles. The van der Waals surface area contributed by atoms with E-state index >= 15 is 0 Å². The lowest BCUT2D eigenvalue weighted by molar-refractivity contribution is -0.0306. The van der Waals surface area contributed by atoms with Crippen LogP contribution in [0.25, 0.3) is 0 Å². The van der Waals surface area contributed by atoms with Crippen LogP contribution in [0, 0.1) is 0 Å². The zero-order valence-electron chi connectivity index (χ0n) is 13.0. The lowest BCUT2D eigenvalue weighted by atomic mass is 9.96. The quantitative estimate of drug-likeness (QED) is 0.857. The van der Waals surface area contributed by atoms with Crippen LogP contribution in [0.5, 0.6) is 0 Å². The van der Waals surface area contributed by atoms with E-state index in [2.05, 4.69) is 41.1 Å². The van der Waals surface area contributed by atoms with Gasteiger partial charge in [-0.1, -0.05) is 19.0 Å². The summed E-state index contributed by atoms with van der Waals surface area (Å²) in [4.78, 5) is 6.97. The minimum Gasteiger partial charge on any atom is -0.370 e. The molecule has 0 radical (unpaired) electrons. The molecule has 114 valence electrons. The zero-order valence-corrected chi connectivity index (χ0v) is 13.0. The Hall–Kier alpha value is -0.980. The Morgan fingerprint density at radius 2 is 2.00 bits per heavy atom. The number of nitrogens with one attached hydrogen (secondary N) is 1. The fourth-order valence-electron chi connectivity index (χ4n) is 2.76. The van der Waals surface area contributed by atoms with Gasteiger partial charge in [0.15, 0.2) is 0 Å². The molecule has 1 unspecified atom stereocenters. The first kappa shape index (κ1) is 15.4. The summed E-state index contributed by atoms with van der Waals surface area (Å²) in [7, 11) is 1.71. The Morgan fingerprint density at radius 1 is 1.35 bits per heavy atom. The van der Waals surface area contributed by atoms with Crippen molar-refractivity contribution in [3.8, 4) is 0 Å². The fraction of sp³-hybridized carbons (Fsp3) is 0.857. The van der Waals surface area contributed by atoms with Crippen molar-refractivity contribution in [2.24, 2.45) is 0 Å². The lowest BCUT2D eigenvalue weighted by Crippen LogP contribution is -2.44. The van der Waals surface area contributed by atoms with E-state index in [1.807, 2.05) is 0 Å². The van der Waals surface area contributed by atoms with Crippen LogP contribution >= 0.6 is 0 Å². The Bertz CT molecular complexity index is 403. The highest BCUT2D eigenvalue weighted by Gasteiger charge is 2.35. The van der Waals surface area contributed by atoms with E-state index in [1.54, 1.807) is 7.11 Å². The molecule has 1 atom stereocenters. The molecule has 0 saturated carbocycles. The Kier molecular flexibility index (Phi) is 5.12. The minimum absolute atomic E-state index is 0.154. The van der Waals surface area contributed by atoms with Gasteiger partial charge in [-0.25, -0.2) is 0 Å². The molecule has 2 heterocycles. The molecule has 6 heteroatoms. The van der Waals surface area contributed by atoms with Crippen LogP contribution in [0.4, 0.5) is 0 Å². The van der Waals surface area contributed by atoms with Crippen LogP contribution in [-0.2, 0) is 10.3 Å². The van der Waals surface area contributed by atoms with E-state index in [-0.39, 0.29) is 6.04 Å². The monoisotopic (exact) mass is 282 g/mol. The van der Waals surface area contributed by atoms with Crippen LogP contribution in [0.15, 0.2) is 4.52 Å². The first-order valence-corrected chi connectivity index (χ1v) is 7.50. The number of rotatable bonds is 6. The molecule has 1 aliphatic rings. The van der Waals surface area contributed by atoms with Crippen molar-refractivity contribution in [3.63, 3.8) is 0 Å². The van der Waals surface area contributed by atoms with Crippen LogP contribution in [-0.4, -0.2) is 48.3 Å². The molecular weight excluding hydrogens is 256 g/mol. The molecule has 2 rings (SSSR count). The second-order valence-electron chi connectivity index (χ2n) is 5.32. The summed E-state index contributed by atoms with van der Waals surface area (Å²) in [5, 5.41) is 7.51. The van der Waals surface area contributed by atoms with Gasteiger partial charge in [-0.2, -0.15) is 4.98 Å². The molecule has 1 aromatic heterocycles. The van der Waals surface area contributed by atoms with E-state index < -0.39 is 5.60 Å². The third-order valence-electron chi connectivity index (χ3n) is 4.44. The standard InChI is InChI=1S/C14H26N4O2/c1-5-14(6-2,19-4)13-16-12(20-17-13)11(3)18-9-7-15-8-10-18/h11,15H,5-10H2,1-4H3. The first-order valence-electron chi connectivity index (χ1n) is 7.50.